The largest absolute Gasteiger partial charge is 0.335 e. The Bertz CT molecular complexity index is 302. The van der Waals surface area contributed by atoms with Crippen LogP contribution in [0.3, 0.4) is 0 Å². The van der Waals surface area contributed by atoms with E-state index in [4.69, 9.17) is 0 Å². The molecule has 1 saturated heterocycles. The molecule has 0 radical (unpaired) electrons. The van der Waals surface area contributed by atoms with Crippen molar-refractivity contribution in [3.05, 3.63) is 35.6 Å². The van der Waals surface area contributed by atoms with Crippen LogP contribution in [0, 0.1) is 5.82 Å². The highest BCUT2D eigenvalue weighted by molar-refractivity contribution is 5.15. The molecule has 1 aliphatic rings. The number of benzene rings is 1. The van der Waals surface area contributed by atoms with Crippen LogP contribution in [0.1, 0.15) is 5.56 Å². The number of piperazine rings is 1. The van der Waals surface area contributed by atoms with Crippen LogP contribution in [-0.4, -0.2) is 38.1 Å². The molecule has 15 heavy (non-hydrogen) atoms. The molecule has 1 N–H and O–H groups in total. The zero-order valence-electron chi connectivity index (χ0n) is 9.17. The third-order valence-electron chi connectivity index (χ3n) is 3.03. The maximum absolute atomic E-state index is 12.7. The molecule has 1 aromatic rings. The van der Waals surface area contributed by atoms with Gasteiger partial charge in [0.05, 0.1) is 20.1 Å². The molecule has 1 aromatic carbocycles. The van der Waals surface area contributed by atoms with Gasteiger partial charge in [-0.15, -0.1) is 0 Å². The first-order valence-corrected chi connectivity index (χ1v) is 5.52. The van der Waals surface area contributed by atoms with Gasteiger partial charge < -0.3 is 4.90 Å². The van der Waals surface area contributed by atoms with Gasteiger partial charge in [0, 0.05) is 19.6 Å². The van der Waals surface area contributed by atoms with Gasteiger partial charge in [0.25, 0.3) is 0 Å². The second-order valence-electron chi connectivity index (χ2n) is 4.36. The normalized spacial score (nSPS) is 19.3. The van der Waals surface area contributed by atoms with Crippen LogP contribution < -0.4 is 4.90 Å². The SMILES string of the molecule is C[NH+]1CCN(Cc2ccc(F)cc2)CC1. The molecule has 2 rings (SSSR count). The van der Waals surface area contributed by atoms with Gasteiger partial charge in [0.2, 0.25) is 0 Å². The molecule has 3 heteroatoms. The van der Waals surface area contributed by atoms with Crippen LogP contribution in [0.4, 0.5) is 4.39 Å². The van der Waals surface area contributed by atoms with Crippen molar-refractivity contribution in [2.75, 3.05) is 33.2 Å². The molecule has 0 saturated carbocycles. The van der Waals surface area contributed by atoms with Crippen LogP contribution in [0.2, 0.25) is 0 Å². The molecule has 1 aliphatic heterocycles. The van der Waals surface area contributed by atoms with E-state index >= 15 is 0 Å². The molecular formula is C12H18FN2+. The quantitative estimate of drug-likeness (QED) is 0.729. The Balaban J connectivity index is 1.89. The van der Waals surface area contributed by atoms with E-state index in [0.717, 1.165) is 19.6 Å². The summed E-state index contributed by atoms with van der Waals surface area (Å²) < 4.78 is 12.7. The first-order chi connectivity index (χ1) is 7.24. The maximum Gasteiger partial charge on any atom is 0.123 e. The molecule has 0 spiro atoms. The highest BCUT2D eigenvalue weighted by Gasteiger charge is 2.16. The molecule has 0 amide bonds. The number of nitrogens with one attached hydrogen (secondary N) is 1. The lowest BCUT2D eigenvalue weighted by Crippen LogP contribution is -3.11. The van der Waals surface area contributed by atoms with Gasteiger partial charge in [-0.05, 0) is 17.7 Å². The first kappa shape index (κ1) is 10.6. The summed E-state index contributed by atoms with van der Waals surface area (Å²) in [5, 5.41) is 0. The van der Waals surface area contributed by atoms with Crippen LogP contribution in [0.5, 0.6) is 0 Å². The second-order valence-corrected chi connectivity index (χ2v) is 4.36. The number of likely N-dealkylation sites (N-methyl/N-ethyl adjacent to an activating group) is 1. The maximum atomic E-state index is 12.7. The van der Waals surface area contributed by atoms with Gasteiger partial charge in [0.1, 0.15) is 5.82 Å². The monoisotopic (exact) mass is 209 g/mol. The average Bonchev–Trinajstić information content (AvgIpc) is 2.25. The Morgan fingerprint density at radius 3 is 2.40 bits per heavy atom. The second kappa shape index (κ2) is 4.73. The third-order valence-corrected chi connectivity index (χ3v) is 3.03. The first-order valence-electron chi connectivity index (χ1n) is 5.52. The van der Waals surface area contributed by atoms with Crippen molar-refractivity contribution in [1.29, 1.82) is 0 Å². The van der Waals surface area contributed by atoms with Gasteiger partial charge in [-0.3, -0.25) is 4.90 Å². The summed E-state index contributed by atoms with van der Waals surface area (Å²) in [5.74, 6) is -0.151. The van der Waals surface area contributed by atoms with Crippen molar-refractivity contribution in [2.24, 2.45) is 0 Å². The van der Waals surface area contributed by atoms with Gasteiger partial charge in [0.15, 0.2) is 0 Å². The Morgan fingerprint density at radius 1 is 1.20 bits per heavy atom. The third kappa shape index (κ3) is 3.01. The lowest BCUT2D eigenvalue weighted by atomic mass is 10.2. The smallest absolute Gasteiger partial charge is 0.123 e. The Hall–Kier alpha value is -0.930. The molecule has 2 nitrogen and oxygen atoms in total. The fraction of sp³-hybridized carbons (Fsp3) is 0.500. The van der Waals surface area contributed by atoms with E-state index in [1.165, 1.54) is 30.8 Å². The standard InChI is InChI=1S/C12H17FN2/c1-14-6-8-15(9-7-14)10-11-2-4-12(13)5-3-11/h2-5H,6-10H2,1H3/p+1. The molecule has 0 atom stereocenters. The fourth-order valence-electron chi connectivity index (χ4n) is 1.94. The predicted octanol–water partition coefficient (Wildman–Crippen LogP) is 0.156. The summed E-state index contributed by atoms with van der Waals surface area (Å²) in [5.41, 5.74) is 1.20. The Morgan fingerprint density at radius 2 is 1.80 bits per heavy atom. The number of hydrogen-bond acceptors (Lipinski definition) is 1. The minimum atomic E-state index is -0.151. The fourth-order valence-corrected chi connectivity index (χ4v) is 1.94. The molecule has 82 valence electrons. The van der Waals surface area contributed by atoms with Gasteiger partial charge in [-0.25, -0.2) is 4.39 Å². The number of nitrogens with zero attached hydrogens (tertiary/aromatic N) is 1. The number of rotatable bonds is 2. The van der Waals surface area contributed by atoms with Crippen molar-refractivity contribution in [2.45, 2.75) is 6.54 Å². The highest BCUT2D eigenvalue weighted by atomic mass is 19.1. The summed E-state index contributed by atoms with van der Waals surface area (Å²) in [6, 6.07) is 6.83. The summed E-state index contributed by atoms with van der Waals surface area (Å²) in [6.07, 6.45) is 0. The van der Waals surface area contributed by atoms with Gasteiger partial charge in [-0.2, -0.15) is 0 Å². The number of halogens is 1. The van der Waals surface area contributed by atoms with Crippen molar-refractivity contribution in [3.63, 3.8) is 0 Å². The molecule has 0 bridgehead atoms. The van der Waals surface area contributed by atoms with Crippen LogP contribution >= 0.6 is 0 Å². The van der Waals surface area contributed by atoms with Crippen LogP contribution in [0.25, 0.3) is 0 Å². The van der Waals surface area contributed by atoms with Gasteiger partial charge >= 0.3 is 0 Å². The van der Waals surface area contributed by atoms with E-state index in [0.29, 0.717) is 0 Å². The van der Waals surface area contributed by atoms with E-state index in [1.807, 2.05) is 12.1 Å². The highest BCUT2D eigenvalue weighted by Crippen LogP contribution is 2.06. The summed E-state index contributed by atoms with van der Waals surface area (Å²) in [4.78, 5) is 4.03. The topological polar surface area (TPSA) is 7.68 Å². The van der Waals surface area contributed by atoms with Crippen molar-refractivity contribution in [3.8, 4) is 0 Å². The molecular weight excluding hydrogens is 191 g/mol. The summed E-state index contributed by atoms with van der Waals surface area (Å²) in [6.45, 7) is 5.66. The van der Waals surface area contributed by atoms with Crippen molar-refractivity contribution < 1.29 is 9.29 Å². The average molecular weight is 209 g/mol. The summed E-state index contributed by atoms with van der Waals surface area (Å²) in [7, 11) is 2.23. The summed E-state index contributed by atoms with van der Waals surface area (Å²) >= 11 is 0. The van der Waals surface area contributed by atoms with E-state index < -0.39 is 0 Å². The molecule has 1 heterocycles. The predicted molar refractivity (Wildman–Crippen MR) is 58.3 cm³/mol. The molecule has 0 unspecified atom stereocenters. The zero-order chi connectivity index (χ0) is 10.7. The Labute approximate surface area is 90.3 Å². The van der Waals surface area contributed by atoms with E-state index in [2.05, 4.69) is 11.9 Å². The zero-order valence-corrected chi connectivity index (χ0v) is 9.17. The van der Waals surface area contributed by atoms with Crippen molar-refractivity contribution in [1.82, 2.24) is 4.90 Å². The Kier molecular flexibility index (Phi) is 3.34. The number of quaternary nitrogens is 1. The van der Waals surface area contributed by atoms with Crippen LogP contribution in [0.15, 0.2) is 24.3 Å². The molecule has 1 fully saturated rings. The van der Waals surface area contributed by atoms with Gasteiger partial charge in [-0.1, -0.05) is 12.1 Å². The molecule has 0 aromatic heterocycles. The van der Waals surface area contributed by atoms with Crippen molar-refractivity contribution >= 4 is 0 Å². The minimum Gasteiger partial charge on any atom is -0.335 e. The van der Waals surface area contributed by atoms with E-state index in [-0.39, 0.29) is 5.82 Å². The van der Waals surface area contributed by atoms with Crippen LogP contribution in [-0.2, 0) is 6.54 Å². The lowest BCUT2D eigenvalue weighted by molar-refractivity contribution is -0.884. The van der Waals surface area contributed by atoms with E-state index in [9.17, 15) is 4.39 Å². The minimum absolute atomic E-state index is 0.151. The lowest BCUT2D eigenvalue weighted by Gasteiger charge is -2.29. The van der Waals surface area contributed by atoms with E-state index in [1.54, 1.807) is 4.90 Å². The molecule has 0 aliphatic carbocycles. The number of hydrogen-bond donors (Lipinski definition) is 1.